The predicted octanol–water partition coefficient (Wildman–Crippen LogP) is 6.79. The topological polar surface area (TPSA) is 84.2 Å². The highest BCUT2D eigenvalue weighted by Crippen LogP contribution is 2.44. The van der Waals surface area contributed by atoms with Crippen molar-refractivity contribution in [3.8, 4) is 22.6 Å². The van der Waals surface area contributed by atoms with Gasteiger partial charge < -0.3 is 20.2 Å². The highest BCUT2D eigenvalue weighted by Gasteiger charge is 2.46. The first-order valence-electron chi connectivity index (χ1n) is 13.0. The number of benzene rings is 4. The summed E-state index contributed by atoms with van der Waals surface area (Å²) in [5.74, 6) is -0.158. The average molecular weight is 527 g/mol. The van der Waals surface area contributed by atoms with Gasteiger partial charge in [0.15, 0.2) is 0 Å². The van der Waals surface area contributed by atoms with Crippen LogP contribution in [-0.4, -0.2) is 39.3 Å². The third-order valence-corrected chi connectivity index (χ3v) is 7.44. The molecule has 1 heterocycles. The van der Waals surface area contributed by atoms with Crippen LogP contribution in [0.1, 0.15) is 42.5 Å². The van der Waals surface area contributed by atoms with Crippen molar-refractivity contribution >= 4 is 11.7 Å². The van der Waals surface area contributed by atoms with E-state index < -0.39 is 12.1 Å². The molecule has 1 saturated heterocycles. The van der Waals surface area contributed by atoms with Crippen LogP contribution in [0.5, 0.6) is 11.5 Å². The number of likely N-dealkylation sites (N-methyl/N-ethyl adjacent to an activating group) is 1. The molecule has 0 aromatic heterocycles. The summed E-state index contributed by atoms with van der Waals surface area (Å²) in [5.41, 5.74) is 3.50. The molecule has 1 unspecified atom stereocenters. The zero-order valence-electron chi connectivity index (χ0n) is 21.6. The maximum Gasteiger partial charge on any atom is 0.325 e. The first-order chi connectivity index (χ1) is 18.8. The van der Waals surface area contributed by atoms with Crippen LogP contribution in [0, 0.1) is 5.82 Å². The Morgan fingerprint density at radius 3 is 2.28 bits per heavy atom. The summed E-state index contributed by atoms with van der Waals surface area (Å²) >= 11 is 0. The van der Waals surface area contributed by atoms with E-state index in [2.05, 4.69) is 0 Å². The SMILES string of the molecule is CN1C(=O)N(c2ccccc2)[C@H](c2ccc(-c3cccc(O)c3)cc2O)C1CCC[C@@H](O)c1ccc(F)cc1. The van der Waals surface area contributed by atoms with Crippen molar-refractivity contribution in [1.82, 2.24) is 4.90 Å². The molecule has 0 aliphatic carbocycles. The first kappa shape index (κ1) is 26.3. The number of aliphatic hydroxyl groups is 1. The van der Waals surface area contributed by atoms with Gasteiger partial charge in [0.2, 0.25) is 0 Å². The van der Waals surface area contributed by atoms with Gasteiger partial charge in [-0.05, 0) is 78.4 Å². The first-order valence-corrected chi connectivity index (χ1v) is 13.0. The summed E-state index contributed by atoms with van der Waals surface area (Å²) in [6.07, 6.45) is 0.904. The van der Waals surface area contributed by atoms with Crippen LogP contribution in [0.25, 0.3) is 11.1 Å². The summed E-state index contributed by atoms with van der Waals surface area (Å²) in [5, 5.41) is 31.8. The molecular formula is C32H31FN2O4. The monoisotopic (exact) mass is 526 g/mol. The van der Waals surface area contributed by atoms with Gasteiger partial charge in [-0.15, -0.1) is 0 Å². The molecule has 7 heteroatoms. The number of phenolic OH excluding ortho intramolecular Hbond substituents is 2. The predicted molar refractivity (Wildman–Crippen MR) is 149 cm³/mol. The normalized spacial score (nSPS) is 18.0. The Kier molecular flexibility index (Phi) is 7.52. The van der Waals surface area contributed by atoms with Crippen LogP contribution in [-0.2, 0) is 0 Å². The maximum atomic E-state index is 13.5. The summed E-state index contributed by atoms with van der Waals surface area (Å²) in [7, 11) is 1.76. The van der Waals surface area contributed by atoms with E-state index in [-0.39, 0.29) is 29.4 Å². The van der Waals surface area contributed by atoms with E-state index >= 15 is 0 Å². The van der Waals surface area contributed by atoms with Gasteiger partial charge in [-0.3, -0.25) is 4.90 Å². The summed E-state index contributed by atoms with van der Waals surface area (Å²) < 4.78 is 13.3. The second kappa shape index (κ2) is 11.2. The molecule has 0 spiro atoms. The summed E-state index contributed by atoms with van der Waals surface area (Å²) in [4.78, 5) is 17.0. The number of amides is 2. The number of anilines is 1. The Morgan fingerprint density at radius 2 is 1.59 bits per heavy atom. The number of halogens is 1. The zero-order chi connectivity index (χ0) is 27.5. The third-order valence-electron chi connectivity index (χ3n) is 7.44. The molecule has 0 radical (unpaired) electrons. The van der Waals surface area contributed by atoms with E-state index in [1.54, 1.807) is 53.2 Å². The smallest absolute Gasteiger partial charge is 0.325 e. The van der Waals surface area contributed by atoms with E-state index in [9.17, 15) is 24.5 Å². The molecule has 3 atom stereocenters. The van der Waals surface area contributed by atoms with Gasteiger partial charge in [0.25, 0.3) is 0 Å². The van der Waals surface area contributed by atoms with Crippen molar-refractivity contribution in [2.45, 2.75) is 37.5 Å². The lowest BCUT2D eigenvalue weighted by Crippen LogP contribution is -2.31. The highest BCUT2D eigenvalue weighted by atomic mass is 19.1. The van der Waals surface area contributed by atoms with Crippen LogP contribution in [0.2, 0.25) is 0 Å². The average Bonchev–Trinajstić information content (AvgIpc) is 3.18. The molecule has 1 aliphatic rings. The largest absolute Gasteiger partial charge is 0.508 e. The molecular weight excluding hydrogens is 495 g/mol. The number of phenols is 2. The van der Waals surface area contributed by atoms with Crippen molar-refractivity contribution in [2.24, 2.45) is 0 Å². The number of nitrogens with zero attached hydrogens (tertiary/aromatic N) is 2. The van der Waals surface area contributed by atoms with Crippen molar-refractivity contribution < 1.29 is 24.5 Å². The van der Waals surface area contributed by atoms with Gasteiger partial charge >= 0.3 is 6.03 Å². The number of para-hydroxylation sites is 1. The Labute approximate surface area is 227 Å². The van der Waals surface area contributed by atoms with Crippen molar-refractivity contribution in [3.63, 3.8) is 0 Å². The number of aromatic hydroxyl groups is 2. The second-order valence-corrected chi connectivity index (χ2v) is 9.93. The van der Waals surface area contributed by atoms with Gasteiger partial charge in [0, 0.05) is 18.3 Å². The molecule has 5 rings (SSSR count). The molecule has 0 saturated carbocycles. The number of carbonyl (C=O) groups is 1. The number of urea groups is 1. The van der Waals surface area contributed by atoms with Crippen molar-refractivity contribution in [2.75, 3.05) is 11.9 Å². The number of aliphatic hydroxyl groups excluding tert-OH is 1. The van der Waals surface area contributed by atoms with Crippen LogP contribution < -0.4 is 4.90 Å². The zero-order valence-corrected chi connectivity index (χ0v) is 21.6. The van der Waals surface area contributed by atoms with E-state index in [0.29, 0.717) is 30.4 Å². The van der Waals surface area contributed by atoms with Gasteiger partial charge in [0.05, 0.1) is 18.2 Å². The number of rotatable bonds is 8. The molecule has 200 valence electrons. The van der Waals surface area contributed by atoms with Crippen LogP contribution in [0.15, 0.2) is 97.1 Å². The van der Waals surface area contributed by atoms with Crippen molar-refractivity contribution in [3.05, 3.63) is 114 Å². The maximum absolute atomic E-state index is 13.5. The Balaban J connectivity index is 1.44. The standard InChI is InChI=1S/C32H31FN2O4/c1-34-28(11-6-12-29(37)21-13-16-24(33)17-14-21)31(35(32(34)39)25-8-3-2-4-9-25)27-18-15-23(20-30(27)38)22-7-5-10-26(36)19-22/h2-5,7-10,13-20,28-29,31,36-38H,6,11-12H2,1H3/t28?,29-,31-/m1/s1. The van der Waals surface area contributed by atoms with Gasteiger partial charge in [-0.2, -0.15) is 0 Å². The molecule has 2 amide bonds. The lowest BCUT2D eigenvalue weighted by Gasteiger charge is -2.29. The van der Waals surface area contributed by atoms with Crippen LogP contribution in [0.4, 0.5) is 14.9 Å². The van der Waals surface area contributed by atoms with Crippen LogP contribution >= 0.6 is 0 Å². The molecule has 3 N–H and O–H groups in total. The lowest BCUT2D eigenvalue weighted by molar-refractivity contribution is 0.158. The number of carbonyl (C=O) groups excluding carboxylic acids is 1. The Morgan fingerprint density at radius 1 is 0.872 bits per heavy atom. The molecule has 6 nitrogen and oxygen atoms in total. The van der Waals surface area contributed by atoms with Gasteiger partial charge in [-0.25, -0.2) is 9.18 Å². The minimum atomic E-state index is -0.744. The molecule has 4 aromatic rings. The fourth-order valence-electron chi connectivity index (χ4n) is 5.40. The third kappa shape index (κ3) is 5.45. The molecule has 0 bridgehead atoms. The molecule has 4 aromatic carbocycles. The summed E-state index contributed by atoms with van der Waals surface area (Å²) in [6, 6.07) is 26.5. The Bertz CT molecular complexity index is 1440. The fraction of sp³-hybridized carbons (Fsp3) is 0.219. The van der Waals surface area contributed by atoms with Crippen molar-refractivity contribution in [1.29, 1.82) is 0 Å². The van der Waals surface area contributed by atoms with Gasteiger partial charge in [-0.1, -0.05) is 54.6 Å². The molecule has 1 aliphatic heterocycles. The summed E-state index contributed by atoms with van der Waals surface area (Å²) in [6.45, 7) is 0. The van der Waals surface area contributed by atoms with E-state index in [0.717, 1.165) is 16.8 Å². The number of hydrogen-bond donors (Lipinski definition) is 3. The van der Waals surface area contributed by atoms with E-state index in [1.807, 2.05) is 48.5 Å². The minimum Gasteiger partial charge on any atom is -0.508 e. The van der Waals surface area contributed by atoms with Gasteiger partial charge in [0.1, 0.15) is 17.3 Å². The van der Waals surface area contributed by atoms with Crippen LogP contribution in [0.3, 0.4) is 0 Å². The van der Waals surface area contributed by atoms with E-state index in [1.165, 1.54) is 12.1 Å². The lowest BCUT2D eigenvalue weighted by atomic mass is 9.91. The quantitative estimate of drug-likeness (QED) is 0.236. The second-order valence-electron chi connectivity index (χ2n) is 9.93. The van der Waals surface area contributed by atoms with E-state index in [4.69, 9.17) is 0 Å². The number of hydrogen-bond acceptors (Lipinski definition) is 4. The highest BCUT2D eigenvalue weighted by molar-refractivity contribution is 5.96. The molecule has 1 fully saturated rings. The molecule has 39 heavy (non-hydrogen) atoms. The fourth-order valence-corrected chi connectivity index (χ4v) is 5.40. The minimum absolute atomic E-state index is 0.0567. The Hall–Kier alpha value is -4.36.